The van der Waals surface area contributed by atoms with E-state index in [1.54, 1.807) is 0 Å². The molecular formula is C24H41N5O. The Balaban J connectivity index is 1.61. The van der Waals surface area contributed by atoms with Crippen LogP contribution in [0.15, 0.2) is 29.3 Å². The molecule has 0 saturated carbocycles. The van der Waals surface area contributed by atoms with Gasteiger partial charge in [0.25, 0.3) is 0 Å². The second-order valence-electron chi connectivity index (χ2n) is 8.72. The molecule has 168 valence electrons. The van der Waals surface area contributed by atoms with Crippen molar-refractivity contribution in [2.45, 2.75) is 71.9 Å². The van der Waals surface area contributed by atoms with Crippen LogP contribution in [0.2, 0.25) is 0 Å². The van der Waals surface area contributed by atoms with Crippen LogP contribution in [0.3, 0.4) is 0 Å². The molecule has 1 aromatic rings. The van der Waals surface area contributed by atoms with Gasteiger partial charge in [-0.05, 0) is 57.8 Å². The maximum atomic E-state index is 5.89. The minimum Gasteiger partial charge on any atom is -0.373 e. The predicted octanol–water partition coefficient (Wildman–Crippen LogP) is 2.84. The topological polar surface area (TPSA) is 52.1 Å². The molecule has 0 amide bonds. The fourth-order valence-corrected chi connectivity index (χ4v) is 4.78. The van der Waals surface area contributed by atoms with Crippen LogP contribution < -0.4 is 10.6 Å². The number of likely N-dealkylation sites (N-methyl/N-ethyl adjacent to an activating group) is 1. The lowest BCUT2D eigenvalue weighted by Gasteiger charge is -2.35. The number of benzene rings is 1. The number of likely N-dealkylation sites (tertiary alicyclic amines) is 1. The van der Waals surface area contributed by atoms with Crippen LogP contribution in [0.5, 0.6) is 0 Å². The number of aliphatic imine (C=N–C) groups is 1. The van der Waals surface area contributed by atoms with Gasteiger partial charge in [0.05, 0.1) is 18.8 Å². The average molecular weight is 416 g/mol. The normalized spacial score (nSPS) is 26.1. The Morgan fingerprint density at radius 2 is 1.83 bits per heavy atom. The third-order valence-electron chi connectivity index (χ3n) is 6.17. The van der Waals surface area contributed by atoms with Crippen molar-refractivity contribution in [1.82, 2.24) is 20.4 Å². The minimum atomic E-state index is 0.293. The molecule has 2 fully saturated rings. The summed E-state index contributed by atoms with van der Waals surface area (Å²) >= 11 is 0. The number of rotatable bonds is 8. The summed E-state index contributed by atoms with van der Waals surface area (Å²) in [6, 6.07) is 9.34. The van der Waals surface area contributed by atoms with Crippen LogP contribution in [-0.4, -0.2) is 73.3 Å². The second kappa shape index (κ2) is 11.7. The van der Waals surface area contributed by atoms with Gasteiger partial charge in [0.2, 0.25) is 0 Å². The molecule has 3 atom stereocenters. The van der Waals surface area contributed by atoms with Crippen molar-refractivity contribution >= 4 is 5.96 Å². The van der Waals surface area contributed by atoms with Crippen molar-refractivity contribution in [1.29, 1.82) is 0 Å². The Morgan fingerprint density at radius 3 is 2.53 bits per heavy atom. The van der Waals surface area contributed by atoms with E-state index >= 15 is 0 Å². The average Bonchev–Trinajstić information content (AvgIpc) is 3.18. The first-order valence-electron chi connectivity index (χ1n) is 11.8. The highest BCUT2D eigenvalue weighted by atomic mass is 16.5. The lowest BCUT2D eigenvalue weighted by Crippen LogP contribution is -2.45. The molecule has 2 heterocycles. The molecule has 2 aliphatic heterocycles. The molecule has 0 spiro atoms. The molecule has 2 aliphatic rings. The van der Waals surface area contributed by atoms with Gasteiger partial charge in [-0.3, -0.25) is 9.80 Å². The van der Waals surface area contributed by atoms with Crippen LogP contribution in [0, 0.1) is 0 Å². The predicted molar refractivity (Wildman–Crippen MR) is 125 cm³/mol. The summed E-state index contributed by atoms with van der Waals surface area (Å²) in [6.07, 6.45) is 3.17. The monoisotopic (exact) mass is 415 g/mol. The Kier molecular flexibility index (Phi) is 8.97. The summed E-state index contributed by atoms with van der Waals surface area (Å²) in [5, 5.41) is 7.00. The van der Waals surface area contributed by atoms with Crippen LogP contribution >= 0.6 is 0 Å². The summed E-state index contributed by atoms with van der Waals surface area (Å²) in [6.45, 7) is 16.5. The smallest absolute Gasteiger partial charge is 0.191 e. The van der Waals surface area contributed by atoms with Crippen molar-refractivity contribution in [3.63, 3.8) is 0 Å². The van der Waals surface area contributed by atoms with Crippen LogP contribution in [0.25, 0.3) is 0 Å². The molecule has 3 unspecified atom stereocenters. The number of ether oxygens (including phenoxy) is 1. The van der Waals surface area contributed by atoms with E-state index in [1.807, 2.05) is 0 Å². The first kappa shape index (κ1) is 23.0. The number of guanidine groups is 1. The fourth-order valence-electron chi connectivity index (χ4n) is 4.78. The molecule has 30 heavy (non-hydrogen) atoms. The van der Waals surface area contributed by atoms with Gasteiger partial charge in [-0.2, -0.15) is 0 Å². The van der Waals surface area contributed by atoms with Gasteiger partial charge < -0.3 is 15.4 Å². The zero-order valence-corrected chi connectivity index (χ0v) is 19.4. The van der Waals surface area contributed by atoms with E-state index in [0.29, 0.717) is 24.8 Å². The quantitative estimate of drug-likeness (QED) is 0.505. The number of hydrogen-bond donors (Lipinski definition) is 2. The fraction of sp³-hybridized carbons (Fsp3) is 0.708. The summed E-state index contributed by atoms with van der Waals surface area (Å²) in [5.41, 5.74) is 2.67. The van der Waals surface area contributed by atoms with Crippen molar-refractivity contribution < 1.29 is 4.74 Å². The van der Waals surface area contributed by atoms with Crippen molar-refractivity contribution in [2.24, 2.45) is 4.99 Å². The Bertz CT molecular complexity index is 669. The van der Waals surface area contributed by atoms with Crippen LogP contribution in [0.1, 0.15) is 51.7 Å². The standard InChI is InChI=1S/C24H41N5O/c1-5-25-24(27-15-23-12-9-13-29(23)6-2)26-14-21-10-7-8-11-22(21)18-28-16-19(3)30-20(4)17-28/h7-8,10-11,19-20,23H,5-6,9,12-18H2,1-4H3,(H2,25,26,27). The highest BCUT2D eigenvalue weighted by Crippen LogP contribution is 2.18. The Labute approximate surface area is 183 Å². The maximum Gasteiger partial charge on any atom is 0.191 e. The van der Waals surface area contributed by atoms with Gasteiger partial charge in [-0.1, -0.05) is 31.2 Å². The first-order chi connectivity index (χ1) is 14.6. The maximum absolute atomic E-state index is 5.89. The third kappa shape index (κ3) is 6.69. The lowest BCUT2D eigenvalue weighted by molar-refractivity contribution is -0.0705. The molecule has 0 radical (unpaired) electrons. The molecule has 3 rings (SSSR count). The Morgan fingerprint density at radius 1 is 1.10 bits per heavy atom. The van der Waals surface area contributed by atoms with E-state index in [0.717, 1.165) is 45.2 Å². The molecule has 0 bridgehead atoms. The van der Waals surface area contributed by atoms with Gasteiger partial charge >= 0.3 is 0 Å². The summed E-state index contributed by atoms with van der Waals surface area (Å²) in [7, 11) is 0. The summed E-state index contributed by atoms with van der Waals surface area (Å²) < 4.78 is 5.89. The molecular weight excluding hydrogens is 374 g/mol. The molecule has 0 aromatic heterocycles. The van der Waals surface area contributed by atoms with E-state index in [9.17, 15) is 0 Å². The number of morpholine rings is 1. The number of nitrogens with one attached hydrogen (secondary N) is 2. The highest BCUT2D eigenvalue weighted by molar-refractivity contribution is 5.79. The van der Waals surface area contributed by atoms with Gasteiger partial charge in [0.1, 0.15) is 0 Å². The van der Waals surface area contributed by atoms with E-state index in [1.165, 1.54) is 30.5 Å². The molecule has 6 heteroatoms. The molecule has 1 aromatic carbocycles. The van der Waals surface area contributed by atoms with Gasteiger partial charge in [-0.15, -0.1) is 0 Å². The summed E-state index contributed by atoms with van der Waals surface area (Å²) in [4.78, 5) is 9.98. The highest BCUT2D eigenvalue weighted by Gasteiger charge is 2.23. The first-order valence-corrected chi connectivity index (χ1v) is 11.8. The lowest BCUT2D eigenvalue weighted by atomic mass is 10.1. The van der Waals surface area contributed by atoms with E-state index < -0.39 is 0 Å². The van der Waals surface area contributed by atoms with Crippen molar-refractivity contribution in [3.8, 4) is 0 Å². The van der Waals surface area contributed by atoms with Crippen molar-refractivity contribution in [2.75, 3.05) is 39.3 Å². The van der Waals surface area contributed by atoms with Gasteiger partial charge in [0.15, 0.2) is 5.96 Å². The Hall–Kier alpha value is -1.63. The molecule has 2 saturated heterocycles. The van der Waals surface area contributed by atoms with Crippen LogP contribution in [0.4, 0.5) is 0 Å². The third-order valence-corrected chi connectivity index (χ3v) is 6.17. The zero-order chi connectivity index (χ0) is 21.3. The van der Waals surface area contributed by atoms with Crippen LogP contribution in [-0.2, 0) is 17.8 Å². The molecule has 0 aliphatic carbocycles. The van der Waals surface area contributed by atoms with E-state index in [4.69, 9.17) is 9.73 Å². The number of hydrogen-bond acceptors (Lipinski definition) is 4. The largest absolute Gasteiger partial charge is 0.373 e. The number of nitrogens with zero attached hydrogens (tertiary/aromatic N) is 3. The second-order valence-corrected chi connectivity index (χ2v) is 8.72. The molecule has 6 nitrogen and oxygen atoms in total. The minimum absolute atomic E-state index is 0.293. The van der Waals surface area contributed by atoms with Gasteiger partial charge in [-0.25, -0.2) is 4.99 Å². The molecule has 2 N–H and O–H groups in total. The zero-order valence-electron chi connectivity index (χ0n) is 19.4. The summed E-state index contributed by atoms with van der Waals surface area (Å²) in [5.74, 6) is 0.920. The van der Waals surface area contributed by atoms with Crippen molar-refractivity contribution in [3.05, 3.63) is 35.4 Å². The SMILES string of the molecule is CCNC(=NCc1ccccc1CN1CC(C)OC(C)C1)NCC1CCCN1CC. The van der Waals surface area contributed by atoms with E-state index in [-0.39, 0.29) is 0 Å². The van der Waals surface area contributed by atoms with Gasteiger partial charge in [0, 0.05) is 38.8 Å². The van der Waals surface area contributed by atoms with E-state index in [2.05, 4.69) is 72.4 Å².